The second-order valence-corrected chi connectivity index (χ2v) is 9.28. The third-order valence-electron chi connectivity index (χ3n) is 4.54. The van der Waals surface area contributed by atoms with Crippen LogP contribution in [0.2, 0.25) is 0 Å². The van der Waals surface area contributed by atoms with Gasteiger partial charge in [0.25, 0.3) is 5.91 Å². The first-order valence-corrected chi connectivity index (χ1v) is 12.3. The molecule has 0 aliphatic heterocycles. The van der Waals surface area contributed by atoms with Gasteiger partial charge in [-0.1, -0.05) is 0 Å². The number of hydrogen-bond donors (Lipinski definition) is 5. The van der Waals surface area contributed by atoms with Crippen LogP contribution < -0.4 is 15.4 Å². The van der Waals surface area contributed by atoms with Gasteiger partial charge in [0, 0.05) is 24.6 Å². The van der Waals surface area contributed by atoms with Crippen LogP contribution in [0.15, 0.2) is 23.6 Å². The second-order valence-electron chi connectivity index (χ2n) is 7.31. The number of nitrogens with zero attached hydrogens (tertiary/aromatic N) is 2. The van der Waals surface area contributed by atoms with E-state index in [1.54, 1.807) is 6.07 Å². The fourth-order valence-corrected chi connectivity index (χ4v) is 4.49. The van der Waals surface area contributed by atoms with Crippen molar-refractivity contribution in [2.45, 2.75) is 44.1 Å². The van der Waals surface area contributed by atoms with Crippen LogP contribution in [0, 0.1) is 23.0 Å². The van der Waals surface area contributed by atoms with Gasteiger partial charge in [-0.25, -0.2) is 18.0 Å². The monoisotopic (exact) mass is 515 g/mol. The first kappa shape index (κ1) is 27.3. The zero-order chi connectivity index (χ0) is 25.4. The Morgan fingerprint density at radius 1 is 1.18 bits per heavy atom. The molecule has 10 nitrogen and oxygen atoms in total. The second kappa shape index (κ2) is 12.5. The molecule has 184 valence electrons. The van der Waals surface area contributed by atoms with E-state index in [2.05, 4.69) is 20.3 Å². The molecule has 0 aliphatic rings. The fourth-order valence-electron chi connectivity index (χ4n) is 3.12. The lowest BCUT2D eigenvalue weighted by Gasteiger charge is -2.31. The van der Waals surface area contributed by atoms with E-state index in [1.807, 2.05) is 0 Å². The molecule has 1 aromatic heterocycles. The van der Waals surface area contributed by atoms with Gasteiger partial charge < -0.3 is 20.8 Å². The lowest BCUT2D eigenvalue weighted by molar-refractivity contribution is -0.121. The molecule has 34 heavy (non-hydrogen) atoms. The Balaban J connectivity index is 2.31. The van der Waals surface area contributed by atoms with Crippen molar-refractivity contribution in [3.8, 4) is 6.07 Å². The predicted octanol–water partition coefficient (Wildman–Crippen LogP) is 0.608. The van der Waals surface area contributed by atoms with Crippen molar-refractivity contribution in [2.75, 3.05) is 11.0 Å². The predicted molar refractivity (Wildman–Crippen MR) is 121 cm³/mol. The standard InChI is InChI=1S/C20H23F2N5O5S2/c1-10(28)24-14(3-4-23)17(29)18(30)15(7-11-5-12(21)8-13(22)6-11)25-19(31)16-9-33-20(26-16)27-34(2)32/h5-6,8-9,14-15,17-18,29-30H,3,7H2,1-2H3,(H,24,28)(H,25,31)(H,26,27)/t14-,15+,17-,18-,34?/m1/s1. The summed E-state index contributed by atoms with van der Waals surface area (Å²) in [6.45, 7) is 1.16. The summed E-state index contributed by atoms with van der Waals surface area (Å²) in [5.41, 5.74) is -0.0158. The van der Waals surface area contributed by atoms with Crippen LogP contribution in [0.1, 0.15) is 29.4 Å². The first-order valence-electron chi connectivity index (χ1n) is 9.81. The zero-order valence-electron chi connectivity index (χ0n) is 18.1. The van der Waals surface area contributed by atoms with Crippen LogP contribution in [-0.2, 0) is 22.2 Å². The third-order valence-corrected chi connectivity index (χ3v) is 5.90. The molecule has 2 amide bonds. The van der Waals surface area contributed by atoms with Crippen molar-refractivity contribution in [1.82, 2.24) is 15.6 Å². The van der Waals surface area contributed by atoms with Gasteiger partial charge >= 0.3 is 0 Å². The van der Waals surface area contributed by atoms with Crippen molar-refractivity contribution in [3.05, 3.63) is 46.5 Å². The molecule has 0 spiro atoms. The number of aliphatic hydroxyl groups excluding tert-OH is 2. The summed E-state index contributed by atoms with van der Waals surface area (Å²) in [6, 6.07) is 1.98. The van der Waals surface area contributed by atoms with E-state index in [-0.39, 0.29) is 29.2 Å². The van der Waals surface area contributed by atoms with Crippen molar-refractivity contribution >= 4 is 39.3 Å². The summed E-state index contributed by atoms with van der Waals surface area (Å²) in [5, 5.41) is 36.8. The van der Waals surface area contributed by atoms with Gasteiger partial charge in [-0.15, -0.1) is 11.3 Å². The smallest absolute Gasteiger partial charge is 0.271 e. The van der Waals surface area contributed by atoms with Crippen molar-refractivity contribution in [1.29, 1.82) is 5.26 Å². The Morgan fingerprint density at radius 2 is 1.79 bits per heavy atom. The zero-order valence-corrected chi connectivity index (χ0v) is 19.8. The number of carbonyl (C=O) groups excluding carboxylic acids is 2. The van der Waals surface area contributed by atoms with Crippen molar-refractivity contribution < 1.29 is 32.8 Å². The number of carbonyl (C=O) groups is 2. The minimum absolute atomic E-state index is 0.0763. The normalized spacial score (nSPS) is 15.3. The molecule has 0 fully saturated rings. The third kappa shape index (κ3) is 8.10. The highest BCUT2D eigenvalue weighted by Gasteiger charge is 2.34. The molecule has 0 aliphatic carbocycles. The maximum absolute atomic E-state index is 13.7. The highest BCUT2D eigenvalue weighted by atomic mass is 32.2. The molecular formula is C20H23F2N5O5S2. The van der Waals surface area contributed by atoms with Crippen LogP contribution in [0.4, 0.5) is 13.9 Å². The molecule has 5 N–H and O–H groups in total. The van der Waals surface area contributed by atoms with Crippen LogP contribution in [0.25, 0.3) is 0 Å². The molecule has 0 saturated heterocycles. The van der Waals surface area contributed by atoms with Gasteiger partial charge in [-0.2, -0.15) is 5.26 Å². The summed E-state index contributed by atoms with van der Waals surface area (Å²) in [6.07, 6.45) is -2.73. The van der Waals surface area contributed by atoms with E-state index in [9.17, 15) is 32.8 Å². The van der Waals surface area contributed by atoms with E-state index in [0.717, 1.165) is 30.4 Å². The topological polar surface area (TPSA) is 164 Å². The van der Waals surface area contributed by atoms with Gasteiger partial charge in [0.2, 0.25) is 5.91 Å². The SMILES string of the molecule is CC(=O)N[C@H](CC#N)[C@@H](O)[C@H](O)[C@H](Cc1cc(F)cc(F)c1)NC(=O)c1csc(NS(C)=O)n1. The van der Waals surface area contributed by atoms with E-state index in [4.69, 9.17) is 5.26 Å². The molecule has 0 bridgehead atoms. The minimum atomic E-state index is -1.75. The number of aromatic nitrogens is 1. The molecular weight excluding hydrogens is 492 g/mol. The summed E-state index contributed by atoms with van der Waals surface area (Å²) in [5.74, 6) is -3.09. The maximum atomic E-state index is 13.7. The van der Waals surface area contributed by atoms with E-state index >= 15 is 0 Å². The number of nitrogens with one attached hydrogen (secondary N) is 3. The number of benzene rings is 1. The van der Waals surface area contributed by atoms with E-state index in [0.29, 0.717) is 6.07 Å². The summed E-state index contributed by atoms with van der Waals surface area (Å²) < 4.78 is 41.2. The van der Waals surface area contributed by atoms with Gasteiger partial charge in [0.15, 0.2) is 5.13 Å². The number of aliphatic hydroxyl groups is 2. The number of rotatable bonds is 11. The Bertz CT molecular complexity index is 1070. The number of anilines is 1. The fraction of sp³-hybridized carbons (Fsp3) is 0.400. The average molecular weight is 516 g/mol. The molecule has 1 aromatic carbocycles. The Hall–Kier alpha value is -2.99. The van der Waals surface area contributed by atoms with Crippen LogP contribution in [0.3, 0.4) is 0 Å². The molecule has 0 saturated carbocycles. The van der Waals surface area contributed by atoms with Gasteiger partial charge in [0.05, 0.1) is 24.6 Å². The highest BCUT2D eigenvalue weighted by Crippen LogP contribution is 2.18. The van der Waals surface area contributed by atoms with Crippen LogP contribution in [-0.4, -0.2) is 61.8 Å². The Kier molecular flexibility index (Phi) is 9.99. The summed E-state index contributed by atoms with van der Waals surface area (Å²) in [7, 11) is -1.42. The van der Waals surface area contributed by atoms with Crippen LogP contribution in [0.5, 0.6) is 0 Å². The quantitative estimate of drug-likeness (QED) is 0.292. The lowest BCUT2D eigenvalue weighted by atomic mass is 9.92. The highest BCUT2D eigenvalue weighted by molar-refractivity contribution is 7.85. The molecule has 14 heteroatoms. The Morgan fingerprint density at radius 3 is 2.35 bits per heavy atom. The van der Waals surface area contributed by atoms with Crippen molar-refractivity contribution in [2.24, 2.45) is 0 Å². The molecule has 5 atom stereocenters. The number of nitriles is 1. The van der Waals surface area contributed by atoms with Gasteiger partial charge in [-0.05, 0) is 24.1 Å². The van der Waals surface area contributed by atoms with Gasteiger partial charge in [0.1, 0.15) is 40.5 Å². The maximum Gasteiger partial charge on any atom is 0.271 e. The first-order chi connectivity index (χ1) is 16.0. The largest absolute Gasteiger partial charge is 0.388 e. The molecule has 0 radical (unpaired) electrons. The Labute approximate surface area is 200 Å². The van der Waals surface area contributed by atoms with Crippen molar-refractivity contribution in [3.63, 3.8) is 0 Å². The lowest BCUT2D eigenvalue weighted by Crippen LogP contribution is -2.56. The van der Waals surface area contributed by atoms with Gasteiger partial charge in [-0.3, -0.25) is 14.3 Å². The number of hydrogen-bond acceptors (Lipinski definition) is 8. The van der Waals surface area contributed by atoms with E-state index < -0.39 is 58.7 Å². The molecule has 2 aromatic rings. The summed E-state index contributed by atoms with van der Waals surface area (Å²) >= 11 is 1.00. The average Bonchev–Trinajstić information content (AvgIpc) is 3.18. The molecule has 2 rings (SSSR count). The van der Waals surface area contributed by atoms with Crippen LogP contribution >= 0.6 is 11.3 Å². The minimum Gasteiger partial charge on any atom is -0.388 e. The molecule has 1 unspecified atom stereocenters. The number of thiazole rings is 1. The van der Waals surface area contributed by atoms with E-state index in [1.165, 1.54) is 11.6 Å². The number of halogens is 2. The summed E-state index contributed by atoms with van der Waals surface area (Å²) in [4.78, 5) is 28.2. The number of amides is 2. The molecule has 1 heterocycles.